The van der Waals surface area contributed by atoms with E-state index in [2.05, 4.69) is 4.74 Å². The molecular formula is C20H21NO6. The van der Waals surface area contributed by atoms with Gasteiger partial charge in [0.15, 0.2) is 18.1 Å². The van der Waals surface area contributed by atoms with Crippen LogP contribution in [0.25, 0.3) is 0 Å². The molecule has 0 saturated carbocycles. The number of fused-ring (bicyclic) bond motifs is 1. The molecule has 2 aromatic carbocycles. The van der Waals surface area contributed by atoms with Crippen molar-refractivity contribution in [2.45, 2.75) is 6.54 Å². The minimum Gasteiger partial charge on any atom is -0.486 e. The van der Waals surface area contributed by atoms with Crippen LogP contribution in [0.1, 0.15) is 15.9 Å². The van der Waals surface area contributed by atoms with Gasteiger partial charge in [0, 0.05) is 13.6 Å². The van der Waals surface area contributed by atoms with Gasteiger partial charge in [-0.3, -0.25) is 4.79 Å². The van der Waals surface area contributed by atoms with Crippen molar-refractivity contribution in [3.8, 4) is 17.2 Å². The zero-order chi connectivity index (χ0) is 19.2. The smallest absolute Gasteiger partial charge is 0.337 e. The summed E-state index contributed by atoms with van der Waals surface area (Å²) in [5, 5.41) is 0. The molecule has 1 aliphatic heterocycles. The summed E-state index contributed by atoms with van der Waals surface area (Å²) >= 11 is 0. The van der Waals surface area contributed by atoms with Gasteiger partial charge in [-0.25, -0.2) is 4.79 Å². The van der Waals surface area contributed by atoms with Gasteiger partial charge >= 0.3 is 5.97 Å². The van der Waals surface area contributed by atoms with Crippen molar-refractivity contribution < 1.29 is 28.5 Å². The first kappa shape index (κ1) is 18.6. The molecule has 0 aliphatic carbocycles. The van der Waals surface area contributed by atoms with Crippen LogP contribution in [0.5, 0.6) is 17.2 Å². The highest BCUT2D eigenvalue weighted by Crippen LogP contribution is 2.31. The molecule has 3 rings (SSSR count). The van der Waals surface area contributed by atoms with Crippen LogP contribution in [0.15, 0.2) is 42.5 Å². The fourth-order valence-corrected chi connectivity index (χ4v) is 2.61. The first-order valence-corrected chi connectivity index (χ1v) is 8.50. The Bertz CT molecular complexity index is 818. The highest BCUT2D eigenvalue weighted by Gasteiger charge is 2.15. The molecule has 1 aliphatic rings. The Balaban J connectivity index is 1.52. The maximum absolute atomic E-state index is 12.3. The molecule has 1 heterocycles. The molecule has 0 radical (unpaired) electrons. The van der Waals surface area contributed by atoms with Crippen LogP contribution in [0.4, 0.5) is 0 Å². The van der Waals surface area contributed by atoms with E-state index in [9.17, 15) is 9.59 Å². The van der Waals surface area contributed by atoms with Gasteiger partial charge in [0.2, 0.25) is 0 Å². The number of hydrogen-bond acceptors (Lipinski definition) is 6. The number of methoxy groups -OCH3 is 1. The number of amides is 1. The SMILES string of the molecule is COC(=O)c1ccc(OCC(=O)N(C)Cc2ccc3c(c2)OCCO3)cc1. The lowest BCUT2D eigenvalue weighted by molar-refractivity contribution is -0.132. The van der Waals surface area contributed by atoms with Gasteiger partial charge in [0.05, 0.1) is 12.7 Å². The molecule has 0 saturated heterocycles. The standard InChI is InChI=1S/C20H21NO6/c1-21(12-14-3-8-17-18(11-14)26-10-9-25-17)19(22)13-27-16-6-4-15(5-7-16)20(23)24-2/h3-8,11H,9-10,12-13H2,1-2H3. The number of hydrogen-bond donors (Lipinski definition) is 0. The van der Waals surface area contributed by atoms with Crippen LogP contribution in [-0.4, -0.2) is 50.8 Å². The van der Waals surface area contributed by atoms with Gasteiger partial charge in [-0.15, -0.1) is 0 Å². The maximum Gasteiger partial charge on any atom is 0.337 e. The number of esters is 1. The molecule has 0 unspecified atom stereocenters. The van der Waals surface area contributed by atoms with Crippen LogP contribution in [-0.2, 0) is 16.1 Å². The quantitative estimate of drug-likeness (QED) is 0.726. The van der Waals surface area contributed by atoms with Gasteiger partial charge in [-0.1, -0.05) is 6.07 Å². The summed E-state index contributed by atoms with van der Waals surface area (Å²) in [6.45, 7) is 1.40. The van der Waals surface area contributed by atoms with Crippen molar-refractivity contribution in [2.75, 3.05) is 34.0 Å². The van der Waals surface area contributed by atoms with Gasteiger partial charge in [-0.2, -0.15) is 0 Å². The molecule has 7 nitrogen and oxygen atoms in total. The summed E-state index contributed by atoms with van der Waals surface area (Å²) in [6, 6.07) is 12.1. The Morgan fingerprint density at radius 2 is 1.74 bits per heavy atom. The number of nitrogens with zero attached hydrogens (tertiary/aromatic N) is 1. The predicted octanol–water partition coefficient (Wildman–Crippen LogP) is 2.28. The van der Waals surface area contributed by atoms with Gasteiger partial charge in [0.1, 0.15) is 19.0 Å². The average Bonchev–Trinajstić information content (AvgIpc) is 2.71. The van der Waals surface area contributed by atoms with Crippen LogP contribution in [0, 0.1) is 0 Å². The van der Waals surface area contributed by atoms with Crippen molar-refractivity contribution in [3.05, 3.63) is 53.6 Å². The van der Waals surface area contributed by atoms with Gasteiger partial charge < -0.3 is 23.8 Å². The van der Waals surface area contributed by atoms with E-state index in [1.165, 1.54) is 7.11 Å². The summed E-state index contributed by atoms with van der Waals surface area (Å²) in [7, 11) is 3.03. The lowest BCUT2D eigenvalue weighted by Crippen LogP contribution is -2.31. The molecule has 0 fully saturated rings. The number of rotatable bonds is 6. The van der Waals surface area contributed by atoms with E-state index in [1.54, 1.807) is 36.2 Å². The first-order chi connectivity index (χ1) is 13.1. The average molecular weight is 371 g/mol. The molecule has 0 N–H and O–H groups in total. The number of ether oxygens (including phenoxy) is 4. The summed E-state index contributed by atoms with van der Waals surface area (Å²) in [6.07, 6.45) is 0. The number of likely N-dealkylation sites (N-methyl/N-ethyl adjacent to an activating group) is 1. The Morgan fingerprint density at radius 3 is 2.44 bits per heavy atom. The zero-order valence-corrected chi connectivity index (χ0v) is 15.3. The van der Waals surface area contributed by atoms with Crippen molar-refractivity contribution in [1.29, 1.82) is 0 Å². The van der Waals surface area contributed by atoms with Crippen LogP contribution in [0.2, 0.25) is 0 Å². The highest BCUT2D eigenvalue weighted by atomic mass is 16.6. The molecule has 0 aromatic heterocycles. The summed E-state index contributed by atoms with van der Waals surface area (Å²) < 4.78 is 21.2. The molecule has 0 spiro atoms. The Kier molecular flexibility index (Phi) is 5.80. The molecule has 1 amide bonds. The molecule has 0 atom stereocenters. The number of benzene rings is 2. The van der Waals surface area contributed by atoms with Crippen LogP contribution in [0.3, 0.4) is 0 Å². The molecule has 142 valence electrons. The molecule has 0 bridgehead atoms. The van der Waals surface area contributed by atoms with E-state index in [1.807, 2.05) is 18.2 Å². The van der Waals surface area contributed by atoms with Crippen molar-refractivity contribution >= 4 is 11.9 Å². The summed E-state index contributed by atoms with van der Waals surface area (Å²) in [5.41, 5.74) is 1.37. The lowest BCUT2D eigenvalue weighted by Gasteiger charge is -2.21. The number of carbonyl (C=O) groups is 2. The lowest BCUT2D eigenvalue weighted by atomic mass is 10.2. The Morgan fingerprint density at radius 1 is 1.04 bits per heavy atom. The number of carbonyl (C=O) groups excluding carboxylic acids is 2. The zero-order valence-electron chi connectivity index (χ0n) is 15.3. The second-order valence-corrected chi connectivity index (χ2v) is 6.03. The normalized spacial score (nSPS) is 12.2. The van der Waals surface area contributed by atoms with E-state index in [4.69, 9.17) is 14.2 Å². The fraction of sp³-hybridized carbons (Fsp3) is 0.300. The second kappa shape index (κ2) is 8.44. The third-order valence-electron chi connectivity index (χ3n) is 4.09. The van der Waals surface area contributed by atoms with E-state index in [-0.39, 0.29) is 12.5 Å². The summed E-state index contributed by atoms with van der Waals surface area (Å²) in [4.78, 5) is 25.3. The van der Waals surface area contributed by atoms with E-state index in [0.29, 0.717) is 36.8 Å². The minimum absolute atomic E-state index is 0.0986. The third-order valence-corrected chi connectivity index (χ3v) is 4.09. The summed E-state index contributed by atoms with van der Waals surface area (Å²) in [5.74, 6) is 1.33. The monoisotopic (exact) mass is 371 g/mol. The van der Waals surface area contributed by atoms with E-state index >= 15 is 0 Å². The molecule has 27 heavy (non-hydrogen) atoms. The second-order valence-electron chi connectivity index (χ2n) is 6.03. The van der Waals surface area contributed by atoms with Gasteiger partial charge in [0.25, 0.3) is 5.91 Å². The molecule has 7 heteroatoms. The molecule has 2 aromatic rings. The molecular weight excluding hydrogens is 350 g/mol. The Labute approximate surface area is 157 Å². The topological polar surface area (TPSA) is 74.3 Å². The van der Waals surface area contributed by atoms with E-state index < -0.39 is 5.97 Å². The first-order valence-electron chi connectivity index (χ1n) is 8.50. The highest BCUT2D eigenvalue weighted by molar-refractivity contribution is 5.89. The van der Waals surface area contributed by atoms with Crippen LogP contribution >= 0.6 is 0 Å². The largest absolute Gasteiger partial charge is 0.486 e. The minimum atomic E-state index is -0.420. The van der Waals surface area contributed by atoms with Gasteiger partial charge in [-0.05, 0) is 42.0 Å². The van der Waals surface area contributed by atoms with Crippen molar-refractivity contribution in [3.63, 3.8) is 0 Å². The van der Waals surface area contributed by atoms with Crippen molar-refractivity contribution in [2.24, 2.45) is 0 Å². The van der Waals surface area contributed by atoms with Crippen molar-refractivity contribution in [1.82, 2.24) is 4.90 Å². The van der Waals surface area contributed by atoms with E-state index in [0.717, 1.165) is 11.3 Å². The third kappa shape index (κ3) is 4.69. The predicted molar refractivity (Wildman–Crippen MR) is 97.2 cm³/mol. The fourth-order valence-electron chi connectivity index (χ4n) is 2.61. The van der Waals surface area contributed by atoms with Crippen LogP contribution < -0.4 is 14.2 Å². The maximum atomic E-state index is 12.3. The Hall–Kier alpha value is -3.22.